The maximum atomic E-state index is 5.58. The predicted octanol–water partition coefficient (Wildman–Crippen LogP) is 2.85. The summed E-state index contributed by atoms with van der Waals surface area (Å²) < 4.78 is 5.58. The van der Waals surface area contributed by atoms with Crippen molar-refractivity contribution in [2.75, 3.05) is 7.11 Å². The van der Waals surface area contributed by atoms with Gasteiger partial charge in [-0.25, -0.2) is 0 Å². The Morgan fingerprint density at radius 2 is 1.92 bits per heavy atom. The maximum Gasteiger partial charge on any atom is 0.0632 e. The van der Waals surface area contributed by atoms with Crippen LogP contribution in [0.4, 0.5) is 0 Å². The van der Waals surface area contributed by atoms with Crippen molar-refractivity contribution in [1.29, 1.82) is 0 Å². The van der Waals surface area contributed by atoms with Crippen LogP contribution in [0.1, 0.15) is 40.0 Å². The van der Waals surface area contributed by atoms with Gasteiger partial charge in [-0.15, -0.1) is 0 Å². The zero-order valence-corrected chi connectivity index (χ0v) is 8.68. The molecule has 3 atom stereocenters. The van der Waals surface area contributed by atoms with Crippen LogP contribution in [0.5, 0.6) is 0 Å². The first-order valence-electron chi connectivity index (χ1n) is 5.05. The second-order valence-electron chi connectivity index (χ2n) is 5.33. The molecule has 0 spiro atoms. The van der Waals surface area contributed by atoms with Crippen molar-refractivity contribution in [2.45, 2.75) is 46.1 Å². The van der Waals surface area contributed by atoms with Crippen LogP contribution in [0, 0.1) is 16.7 Å². The topological polar surface area (TPSA) is 9.23 Å². The zero-order valence-electron chi connectivity index (χ0n) is 8.68. The molecule has 0 aromatic carbocycles. The third kappa shape index (κ3) is 0.736. The van der Waals surface area contributed by atoms with Crippen molar-refractivity contribution in [3.8, 4) is 0 Å². The summed E-state index contributed by atoms with van der Waals surface area (Å²) in [6.07, 6.45) is 4.60. The van der Waals surface area contributed by atoms with Gasteiger partial charge in [0.2, 0.25) is 0 Å². The predicted molar refractivity (Wildman–Crippen MR) is 50.0 cm³/mol. The first kappa shape index (κ1) is 8.55. The lowest BCUT2D eigenvalue weighted by atomic mass is 9.70. The molecule has 0 radical (unpaired) electrons. The highest BCUT2D eigenvalue weighted by atomic mass is 16.5. The van der Waals surface area contributed by atoms with E-state index in [-0.39, 0.29) is 0 Å². The minimum absolute atomic E-state index is 0.451. The van der Waals surface area contributed by atoms with Gasteiger partial charge in [0.05, 0.1) is 6.10 Å². The van der Waals surface area contributed by atoms with Gasteiger partial charge >= 0.3 is 0 Å². The molecule has 2 fully saturated rings. The van der Waals surface area contributed by atoms with Crippen molar-refractivity contribution >= 4 is 0 Å². The summed E-state index contributed by atoms with van der Waals surface area (Å²) in [5, 5.41) is 0. The van der Waals surface area contributed by atoms with Crippen molar-refractivity contribution in [3.05, 3.63) is 0 Å². The van der Waals surface area contributed by atoms with Gasteiger partial charge in [0.15, 0.2) is 0 Å². The molecular weight excluding hydrogens is 148 g/mol. The Kier molecular flexibility index (Phi) is 1.61. The number of fused-ring (bicyclic) bond motifs is 2. The summed E-state index contributed by atoms with van der Waals surface area (Å²) >= 11 is 0. The smallest absolute Gasteiger partial charge is 0.0632 e. The highest BCUT2D eigenvalue weighted by molar-refractivity contribution is 5.10. The Labute approximate surface area is 75.5 Å². The highest BCUT2D eigenvalue weighted by Gasteiger charge is 2.61. The summed E-state index contributed by atoms with van der Waals surface area (Å²) in [4.78, 5) is 0. The molecule has 0 aromatic heterocycles. The van der Waals surface area contributed by atoms with Crippen LogP contribution in [0.3, 0.4) is 0 Å². The van der Waals surface area contributed by atoms with Crippen molar-refractivity contribution < 1.29 is 4.74 Å². The lowest BCUT2D eigenvalue weighted by molar-refractivity contribution is -0.0200. The average molecular weight is 168 g/mol. The van der Waals surface area contributed by atoms with E-state index in [4.69, 9.17) is 4.74 Å². The minimum Gasteiger partial charge on any atom is -0.381 e. The van der Waals surface area contributed by atoms with Gasteiger partial charge in [-0.3, -0.25) is 0 Å². The van der Waals surface area contributed by atoms with Crippen molar-refractivity contribution in [1.82, 2.24) is 0 Å². The standard InChI is InChI=1S/C11H20O/c1-10(2)8-5-6-11(10,3)9(7-8)12-4/h8-9H,5-7H2,1-4H3/t8-,9?,11?/m1/s1. The molecule has 0 amide bonds. The molecule has 0 aromatic rings. The van der Waals surface area contributed by atoms with Crippen LogP contribution in [-0.4, -0.2) is 13.2 Å². The van der Waals surface area contributed by atoms with E-state index in [1.54, 1.807) is 0 Å². The van der Waals surface area contributed by atoms with E-state index in [1.807, 2.05) is 7.11 Å². The Bertz CT molecular complexity index is 197. The van der Waals surface area contributed by atoms with E-state index in [0.717, 1.165) is 5.92 Å². The van der Waals surface area contributed by atoms with Crippen LogP contribution < -0.4 is 0 Å². The van der Waals surface area contributed by atoms with Gasteiger partial charge in [0, 0.05) is 7.11 Å². The van der Waals surface area contributed by atoms with E-state index in [2.05, 4.69) is 20.8 Å². The number of hydrogen-bond donors (Lipinski definition) is 0. The van der Waals surface area contributed by atoms with E-state index < -0.39 is 0 Å². The first-order valence-corrected chi connectivity index (χ1v) is 5.05. The summed E-state index contributed by atoms with van der Waals surface area (Å²) in [5.41, 5.74) is 0.958. The molecule has 0 N–H and O–H groups in total. The molecule has 2 bridgehead atoms. The Morgan fingerprint density at radius 3 is 2.17 bits per heavy atom. The van der Waals surface area contributed by atoms with Gasteiger partial charge < -0.3 is 4.74 Å². The summed E-state index contributed by atoms with van der Waals surface area (Å²) in [6, 6.07) is 0. The molecule has 1 nitrogen and oxygen atoms in total. The van der Waals surface area contributed by atoms with Gasteiger partial charge in [0.1, 0.15) is 0 Å². The van der Waals surface area contributed by atoms with Crippen LogP contribution in [0.15, 0.2) is 0 Å². The number of ether oxygens (including phenoxy) is 1. The fraction of sp³-hybridized carbons (Fsp3) is 1.00. The number of rotatable bonds is 1. The van der Waals surface area contributed by atoms with Crippen molar-refractivity contribution in [2.24, 2.45) is 16.7 Å². The van der Waals surface area contributed by atoms with Gasteiger partial charge in [-0.2, -0.15) is 0 Å². The van der Waals surface area contributed by atoms with Crippen molar-refractivity contribution in [3.63, 3.8) is 0 Å². The van der Waals surface area contributed by atoms with Crippen LogP contribution in [0.25, 0.3) is 0 Å². The minimum atomic E-state index is 0.451. The summed E-state index contributed by atoms with van der Waals surface area (Å²) in [6.45, 7) is 7.25. The molecule has 12 heavy (non-hydrogen) atoms. The molecule has 2 unspecified atom stereocenters. The molecule has 2 rings (SSSR count). The third-order valence-corrected chi connectivity index (χ3v) is 5.00. The zero-order chi connectivity index (χ0) is 8.98. The Morgan fingerprint density at radius 1 is 1.25 bits per heavy atom. The molecule has 2 aliphatic rings. The Balaban J connectivity index is 2.33. The average Bonchev–Trinajstić information content (AvgIpc) is 2.34. The molecule has 0 heterocycles. The van der Waals surface area contributed by atoms with Crippen LogP contribution in [-0.2, 0) is 4.74 Å². The molecule has 2 aliphatic carbocycles. The van der Waals surface area contributed by atoms with E-state index in [1.165, 1.54) is 19.3 Å². The first-order chi connectivity index (χ1) is 5.52. The molecule has 0 aliphatic heterocycles. The number of methoxy groups -OCH3 is 1. The fourth-order valence-electron chi connectivity index (χ4n) is 3.49. The molecular formula is C11H20O. The van der Waals surface area contributed by atoms with Crippen LogP contribution in [0.2, 0.25) is 0 Å². The second kappa shape index (κ2) is 2.25. The number of hydrogen-bond acceptors (Lipinski definition) is 1. The quantitative estimate of drug-likeness (QED) is 0.585. The third-order valence-electron chi connectivity index (χ3n) is 5.00. The van der Waals surface area contributed by atoms with E-state index in [0.29, 0.717) is 16.9 Å². The lowest BCUT2D eigenvalue weighted by Gasteiger charge is -2.38. The monoisotopic (exact) mass is 168 g/mol. The summed E-state index contributed by atoms with van der Waals surface area (Å²) in [7, 11) is 1.87. The normalized spacial score (nSPS) is 50.0. The van der Waals surface area contributed by atoms with Gasteiger partial charge in [-0.1, -0.05) is 20.8 Å². The highest BCUT2D eigenvalue weighted by Crippen LogP contribution is 2.66. The molecule has 2 saturated carbocycles. The molecule has 1 heteroatoms. The largest absolute Gasteiger partial charge is 0.381 e. The molecule has 0 saturated heterocycles. The maximum absolute atomic E-state index is 5.58. The fourth-order valence-corrected chi connectivity index (χ4v) is 3.49. The van der Waals surface area contributed by atoms with Gasteiger partial charge in [0.25, 0.3) is 0 Å². The van der Waals surface area contributed by atoms with E-state index in [9.17, 15) is 0 Å². The van der Waals surface area contributed by atoms with E-state index >= 15 is 0 Å². The SMILES string of the molecule is COC1C[C@H]2CCC1(C)C2(C)C. The van der Waals surface area contributed by atoms with Gasteiger partial charge in [-0.05, 0) is 36.0 Å². The second-order valence-corrected chi connectivity index (χ2v) is 5.33. The Hall–Kier alpha value is -0.0400. The van der Waals surface area contributed by atoms with Crippen LogP contribution >= 0.6 is 0 Å². The molecule has 70 valence electrons. The summed E-state index contributed by atoms with van der Waals surface area (Å²) in [5.74, 6) is 0.910. The lowest BCUT2D eigenvalue weighted by Crippen LogP contribution is -2.36.